The zero-order valence-corrected chi connectivity index (χ0v) is 10.6. The van der Waals surface area contributed by atoms with E-state index in [1.165, 1.54) is 20.8 Å². The molecule has 0 aliphatic heterocycles. The van der Waals surface area contributed by atoms with Crippen LogP contribution in [0.25, 0.3) is 0 Å². The van der Waals surface area contributed by atoms with Crippen LogP contribution < -0.4 is 5.73 Å². The number of halogens is 3. The van der Waals surface area contributed by atoms with Crippen LogP contribution in [-0.2, 0) is 9.59 Å². The quantitative estimate of drug-likeness (QED) is 0.800. The number of carbonyl (C=O) groups excluding carboxylic acids is 1. The highest BCUT2D eigenvalue weighted by molar-refractivity contribution is 5.89. The first kappa shape index (κ1) is 16.7. The summed E-state index contributed by atoms with van der Waals surface area (Å²) in [4.78, 5) is 23.0. The molecule has 18 heavy (non-hydrogen) atoms. The maximum Gasteiger partial charge on any atom is 0.415 e. The molecule has 0 spiro atoms. The van der Waals surface area contributed by atoms with Gasteiger partial charge in [0.25, 0.3) is 5.91 Å². The van der Waals surface area contributed by atoms with Crippen LogP contribution in [-0.4, -0.2) is 45.7 Å². The second kappa shape index (κ2) is 4.75. The third kappa shape index (κ3) is 3.59. The maximum absolute atomic E-state index is 12.6. The third-order valence-corrected chi connectivity index (χ3v) is 2.38. The van der Waals surface area contributed by atoms with Crippen LogP contribution in [0.4, 0.5) is 13.2 Å². The van der Waals surface area contributed by atoms with Crippen LogP contribution in [0.15, 0.2) is 0 Å². The first-order chi connectivity index (χ1) is 7.71. The summed E-state index contributed by atoms with van der Waals surface area (Å²) in [6, 6.07) is 0. The van der Waals surface area contributed by atoms with Gasteiger partial charge in [0.15, 0.2) is 5.54 Å². The number of rotatable bonds is 3. The molecule has 0 saturated carbocycles. The van der Waals surface area contributed by atoms with Gasteiger partial charge in [0.1, 0.15) is 6.54 Å². The molecule has 0 aliphatic carbocycles. The molecule has 1 amide bonds. The Kier molecular flexibility index (Phi) is 4.41. The van der Waals surface area contributed by atoms with E-state index in [2.05, 4.69) is 0 Å². The molecular formula is C10H17F3N2O3. The Morgan fingerprint density at radius 2 is 1.56 bits per heavy atom. The molecule has 0 aliphatic rings. The maximum atomic E-state index is 12.6. The van der Waals surface area contributed by atoms with Gasteiger partial charge in [0, 0.05) is 5.54 Å². The molecule has 0 radical (unpaired) electrons. The van der Waals surface area contributed by atoms with Crippen molar-refractivity contribution < 1.29 is 27.9 Å². The lowest BCUT2D eigenvalue weighted by molar-refractivity contribution is -0.197. The Balaban J connectivity index is 5.41. The fourth-order valence-corrected chi connectivity index (χ4v) is 1.15. The lowest BCUT2D eigenvalue weighted by Crippen LogP contribution is -2.65. The van der Waals surface area contributed by atoms with Gasteiger partial charge in [-0.2, -0.15) is 13.2 Å². The Labute approximate surface area is 103 Å². The molecule has 106 valence electrons. The number of hydrogen-bond acceptors (Lipinski definition) is 3. The number of alkyl halides is 3. The smallest absolute Gasteiger partial charge is 0.415 e. The van der Waals surface area contributed by atoms with Crippen molar-refractivity contribution in [3.05, 3.63) is 0 Å². The molecule has 0 fully saturated rings. The van der Waals surface area contributed by atoms with Crippen molar-refractivity contribution in [1.29, 1.82) is 0 Å². The Bertz CT molecular complexity index is 345. The zero-order valence-electron chi connectivity index (χ0n) is 10.6. The van der Waals surface area contributed by atoms with Crippen LogP contribution in [0.2, 0.25) is 0 Å². The van der Waals surface area contributed by atoms with Gasteiger partial charge in [0.05, 0.1) is 0 Å². The highest BCUT2D eigenvalue weighted by Gasteiger charge is 2.56. The largest absolute Gasteiger partial charge is 0.480 e. The summed E-state index contributed by atoms with van der Waals surface area (Å²) in [7, 11) is 0. The Morgan fingerprint density at radius 3 is 1.78 bits per heavy atom. The van der Waals surface area contributed by atoms with E-state index in [1.807, 2.05) is 0 Å². The summed E-state index contributed by atoms with van der Waals surface area (Å²) in [5.74, 6) is -2.87. The van der Waals surface area contributed by atoms with Gasteiger partial charge in [-0.3, -0.25) is 9.59 Å². The zero-order chi connectivity index (χ0) is 14.9. The van der Waals surface area contributed by atoms with E-state index in [9.17, 15) is 22.8 Å². The van der Waals surface area contributed by atoms with E-state index in [4.69, 9.17) is 10.8 Å². The van der Waals surface area contributed by atoms with Crippen molar-refractivity contribution in [2.75, 3.05) is 6.54 Å². The lowest BCUT2D eigenvalue weighted by atomic mass is 9.96. The third-order valence-electron chi connectivity index (χ3n) is 2.38. The van der Waals surface area contributed by atoms with Crippen molar-refractivity contribution >= 4 is 11.9 Å². The standard InChI is InChI=1S/C10H17F3N2O3/c1-8(2,3)15(5-6(16)17)7(18)9(4,14)10(11,12)13/h5,14H2,1-4H3,(H,16,17). The van der Waals surface area contributed by atoms with Gasteiger partial charge < -0.3 is 15.7 Å². The summed E-state index contributed by atoms with van der Waals surface area (Å²) in [5, 5.41) is 8.65. The van der Waals surface area contributed by atoms with Crippen LogP contribution in [0, 0.1) is 0 Å². The monoisotopic (exact) mass is 270 g/mol. The van der Waals surface area contributed by atoms with Crippen molar-refractivity contribution in [2.24, 2.45) is 5.73 Å². The fraction of sp³-hybridized carbons (Fsp3) is 0.800. The SMILES string of the molecule is CC(C)(C)N(CC(=O)O)C(=O)C(C)(N)C(F)(F)F. The number of carbonyl (C=O) groups is 2. The topological polar surface area (TPSA) is 83.6 Å². The number of nitrogens with two attached hydrogens (primary N) is 1. The summed E-state index contributed by atoms with van der Waals surface area (Å²) in [6.07, 6.45) is -4.95. The van der Waals surface area contributed by atoms with Crippen LogP contribution in [0.5, 0.6) is 0 Å². The molecule has 1 atom stereocenters. The highest BCUT2D eigenvalue weighted by Crippen LogP contribution is 2.31. The summed E-state index contributed by atoms with van der Waals surface area (Å²) in [6.45, 7) is 3.97. The molecule has 5 nitrogen and oxygen atoms in total. The molecule has 1 unspecified atom stereocenters. The molecule has 0 rings (SSSR count). The van der Waals surface area contributed by atoms with Gasteiger partial charge in [-0.25, -0.2) is 0 Å². The van der Waals surface area contributed by atoms with Crippen molar-refractivity contribution in [3.63, 3.8) is 0 Å². The van der Waals surface area contributed by atoms with E-state index in [1.54, 1.807) is 0 Å². The summed E-state index contributed by atoms with van der Waals surface area (Å²) < 4.78 is 37.9. The average Bonchev–Trinajstić information content (AvgIpc) is 2.09. The molecule has 0 saturated heterocycles. The van der Waals surface area contributed by atoms with Crippen molar-refractivity contribution in [3.8, 4) is 0 Å². The molecule has 0 aromatic heterocycles. The van der Waals surface area contributed by atoms with Crippen molar-refractivity contribution in [1.82, 2.24) is 4.90 Å². The second-order valence-corrected chi connectivity index (χ2v) is 5.16. The van der Waals surface area contributed by atoms with Crippen molar-refractivity contribution in [2.45, 2.75) is 44.9 Å². The number of nitrogens with zero attached hydrogens (tertiary/aromatic N) is 1. The normalized spacial score (nSPS) is 16.0. The number of carboxylic acid groups (broad SMARTS) is 1. The lowest BCUT2D eigenvalue weighted by Gasteiger charge is -2.39. The molecule has 0 bridgehead atoms. The van der Waals surface area contributed by atoms with E-state index in [0.29, 0.717) is 11.8 Å². The van der Waals surface area contributed by atoms with Crippen LogP contribution in [0.1, 0.15) is 27.7 Å². The van der Waals surface area contributed by atoms with Gasteiger partial charge in [-0.1, -0.05) is 0 Å². The molecule has 3 N–H and O–H groups in total. The Morgan fingerprint density at radius 1 is 1.17 bits per heavy atom. The number of aliphatic carboxylic acids is 1. The van der Waals surface area contributed by atoms with E-state index in [0.717, 1.165) is 0 Å². The molecule has 0 aromatic rings. The minimum atomic E-state index is -4.95. The molecule has 0 heterocycles. The fourth-order valence-electron chi connectivity index (χ4n) is 1.15. The van der Waals surface area contributed by atoms with E-state index < -0.39 is 35.7 Å². The summed E-state index contributed by atoms with van der Waals surface area (Å²) >= 11 is 0. The minimum Gasteiger partial charge on any atom is -0.480 e. The van der Waals surface area contributed by atoms with Gasteiger partial charge in [0.2, 0.25) is 0 Å². The highest BCUT2D eigenvalue weighted by atomic mass is 19.4. The van der Waals surface area contributed by atoms with Gasteiger partial charge in [-0.15, -0.1) is 0 Å². The average molecular weight is 270 g/mol. The van der Waals surface area contributed by atoms with Gasteiger partial charge in [-0.05, 0) is 27.7 Å². The van der Waals surface area contributed by atoms with Crippen LogP contribution in [0.3, 0.4) is 0 Å². The van der Waals surface area contributed by atoms with Gasteiger partial charge >= 0.3 is 12.1 Å². The first-order valence-electron chi connectivity index (χ1n) is 5.10. The van der Waals surface area contributed by atoms with E-state index in [-0.39, 0.29) is 0 Å². The Hall–Kier alpha value is -1.31. The minimum absolute atomic E-state index is 0.524. The first-order valence-corrected chi connectivity index (χ1v) is 5.10. The number of hydrogen-bond donors (Lipinski definition) is 2. The molecular weight excluding hydrogens is 253 g/mol. The predicted octanol–water partition coefficient (Wildman–Crippen LogP) is 0.978. The molecule has 0 aromatic carbocycles. The predicted molar refractivity (Wildman–Crippen MR) is 57.7 cm³/mol. The molecule has 8 heteroatoms. The number of amides is 1. The second-order valence-electron chi connectivity index (χ2n) is 5.16. The van der Waals surface area contributed by atoms with E-state index >= 15 is 0 Å². The number of carboxylic acids is 1. The summed E-state index contributed by atoms with van der Waals surface area (Å²) in [5.41, 5.74) is 0.804. The van der Waals surface area contributed by atoms with Crippen LogP contribution >= 0.6 is 0 Å².